The number of ether oxygens (including phenoxy) is 1. The fraction of sp³-hybridized carbons (Fsp3) is 0.455. The summed E-state index contributed by atoms with van der Waals surface area (Å²) in [6.07, 6.45) is 0.902. The molecule has 3 rings (SSSR count). The van der Waals surface area contributed by atoms with Crippen LogP contribution in [0, 0.1) is 13.8 Å². The van der Waals surface area contributed by atoms with Crippen LogP contribution in [0.5, 0.6) is 5.75 Å². The molecule has 0 atom stereocenters. The van der Waals surface area contributed by atoms with Gasteiger partial charge in [-0.3, -0.25) is 4.90 Å². The Morgan fingerprint density at radius 3 is 2.38 bits per heavy atom. The number of piperazine rings is 1. The van der Waals surface area contributed by atoms with Gasteiger partial charge >= 0.3 is 0 Å². The van der Waals surface area contributed by atoms with Crippen molar-refractivity contribution in [3.8, 4) is 5.75 Å². The lowest BCUT2D eigenvalue weighted by Crippen LogP contribution is -2.45. The van der Waals surface area contributed by atoms with Gasteiger partial charge in [-0.15, -0.1) is 0 Å². The van der Waals surface area contributed by atoms with Crippen LogP contribution in [0.15, 0.2) is 40.9 Å². The fourth-order valence-corrected chi connectivity index (χ4v) is 3.81. The first-order chi connectivity index (χ1) is 12.5. The monoisotopic (exact) mass is 416 g/mol. The van der Waals surface area contributed by atoms with E-state index in [9.17, 15) is 0 Å². The Balaban J connectivity index is 1.66. The summed E-state index contributed by atoms with van der Waals surface area (Å²) in [7, 11) is 2.19. The summed E-state index contributed by atoms with van der Waals surface area (Å²) < 4.78 is 7.40. The van der Waals surface area contributed by atoms with Gasteiger partial charge in [-0.25, -0.2) is 0 Å². The summed E-state index contributed by atoms with van der Waals surface area (Å²) in [4.78, 5) is 4.88. The standard InChI is InChI=1S/C22H29BrN2O/c1-17-14-18(2)22(26-13-12-25-10-8-24(3)9-11-25)20(15-17)16-19-4-6-21(23)7-5-19/h4-7,14-15H,8-13,16H2,1-3H3. The molecule has 0 spiro atoms. The van der Waals surface area contributed by atoms with Crippen LogP contribution in [0.3, 0.4) is 0 Å². The summed E-state index contributed by atoms with van der Waals surface area (Å²) in [6, 6.07) is 13.0. The Bertz CT molecular complexity index is 722. The van der Waals surface area contributed by atoms with Crippen LogP contribution in [0.1, 0.15) is 22.3 Å². The van der Waals surface area contributed by atoms with E-state index < -0.39 is 0 Å². The molecule has 2 aromatic rings. The molecule has 0 amide bonds. The van der Waals surface area contributed by atoms with E-state index in [2.05, 4.69) is 83.0 Å². The Labute approximate surface area is 166 Å². The molecule has 1 heterocycles. The van der Waals surface area contributed by atoms with Crippen molar-refractivity contribution in [1.82, 2.24) is 9.80 Å². The van der Waals surface area contributed by atoms with Gasteiger partial charge in [0.1, 0.15) is 12.4 Å². The van der Waals surface area contributed by atoms with Crippen molar-refractivity contribution in [2.75, 3.05) is 46.4 Å². The van der Waals surface area contributed by atoms with Crippen molar-refractivity contribution in [2.45, 2.75) is 20.3 Å². The zero-order valence-corrected chi connectivity index (χ0v) is 17.7. The third-order valence-electron chi connectivity index (χ3n) is 5.05. The van der Waals surface area contributed by atoms with Crippen LogP contribution < -0.4 is 4.74 Å². The first-order valence-electron chi connectivity index (χ1n) is 9.39. The molecule has 1 saturated heterocycles. The quantitative estimate of drug-likeness (QED) is 0.698. The average Bonchev–Trinajstić information content (AvgIpc) is 2.61. The third kappa shape index (κ3) is 5.32. The first-order valence-corrected chi connectivity index (χ1v) is 10.2. The number of benzene rings is 2. The number of nitrogens with zero attached hydrogens (tertiary/aromatic N) is 2. The maximum absolute atomic E-state index is 6.28. The van der Waals surface area contributed by atoms with Gasteiger partial charge in [-0.05, 0) is 49.7 Å². The zero-order valence-electron chi connectivity index (χ0n) is 16.1. The van der Waals surface area contributed by atoms with Crippen LogP contribution in [-0.4, -0.2) is 56.2 Å². The van der Waals surface area contributed by atoms with Crippen LogP contribution in [0.2, 0.25) is 0 Å². The third-order valence-corrected chi connectivity index (χ3v) is 5.58. The molecule has 0 unspecified atom stereocenters. The number of aryl methyl sites for hydroxylation is 2. The van der Waals surface area contributed by atoms with Gasteiger partial charge in [0.25, 0.3) is 0 Å². The van der Waals surface area contributed by atoms with Gasteiger partial charge in [-0.1, -0.05) is 45.8 Å². The van der Waals surface area contributed by atoms with E-state index in [1.54, 1.807) is 0 Å². The number of rotatable bonds is 6. The minimum atomic E-state index is 0.751. The number of hydrogen-bond donors (Lipinski definition) is 0. The number of hydrogen-bond acceptors (Lipinski definition) is 3. The second-order valence-corrected chi connectivity index (χ2v) is 8.28. The largest absolute Gasteiger partial charge is 0.492 e. The molecule has 0 aromatic heterocycles. The van der Waals surface area contributed by atoms with Gasteiger partial charge in [0.05, 0.1) is 0 Å². The van der Waals surface area contributed by atoms with E-state index >= 15 is 0 Å². The van der Waals surface area contributed by atoms with E-state index in [0.29, 0.717) is 0 Å². The van der Waals surface area contributed by atoms with Crippen molar-refractivity contribution >= 4 is 15.9 Å². The van der Waals surface area contributed by atoms with Crippen molar-refractivity contribution < 1.29 is 4.74 Å². The lowest BCUT2D eigenvalue weighted by Gasteiger charge is -2.32. The van der Waals surface area contributed by atoms with E-state index in [4.69, 9.17) is 4.74 Å². The maximum Gasteiger partial charge on any atom is 0.125 e. The second kappa shape index (κ2) is 9.03. The van der Waals surface area contributed by atoms with Crippen molar-refractivity contribution in [3.05, 3.63) is 63.1 Å². The minimum Gasteiger partial charge on any atom is -0.492 e. The molecule has 3 nitrogen and oxygen atoms in total. The normalized spacial score (nSPS) is 16.0. The predicted molar refractivity (Wildman–Crippen MR) is 112 cm³/mol. The van der Waals surface area contributed by atoms with E-state index in [-0.39, 0.29) is 0 Å². The van der Waals surface area contributed by atoms with Gasteiger partial charge in [-0.2, -0.15) is 0 Å². The topological polar surface area (TPSA) is 15.7 Å². The Morgan fingerprint density at radius 2 is 1.69 bits per heavy atom. The summed E-state index contributed by atoms with van der Waals surface area (Å²) in [5.74, 6) is 1.06. The molecule has 26 heavy (non-hydrogen) atoms. The molecule has 1 fully saturated rings. The van der Waals surface area contributed by atoms with Crippen LogP contribution in [0.4, 0.5) is 0 Å². The molecule has 2 aromatic carbocycles. The fourth-order valence-electron chi connectivity index (χ4n) is 3.55. The lowest BCUT2D eigenvalue weighted by molar-refractivity contribution is 0.133. The minimum absolute atomic E-state index is 0.751. The highest BCUT2D eigenvalue weighted by atomic mass is 79.9. The van der Waals surface area contributed by atoms with E-state index in [0.717, 1.165) is 56.0 Å². The summed E-state index contributed by atoms with van der Waals surface area (Å²) >= 11 is 3.51. The molecule has 0 saturated carbocycles. The second-order valence-electron chi connectivity index (χ2n) is 7.37. The molecular weight excluding hydrogens is 388 g/mol. The number of halogens is 1. The van der Waals surface area contributed by atoms with Gasteiger partial charge in [0, 0.05) is 43.6 Å². The first kappa shape index (κ1) is 19.4. The molecule has 140 valence electrons. The van der Waals surface area contributed by atoms with Crippen molar-refractivity contribution in [3.63, 3.8) is 0 Å². The number of likely N-dealkylation sites (N-methyl/N-ethyl adjacent to an activating group) is 1. The van der Waals surface area contributed by atoms with Crippen molar-refractivity contribution in [1.29, 1.82) is 0 Å². The Morgan fingerprint density at radius 1 is 1.00 bits per heavy atom. The molecule has 1 aliphatic heterocycles. The zero-order chi connectivity index (χ0) is 18.5. The van der Waals surface area contributed by atoms with E-state index in [1.807, 2.05) is 0 Å². The van der Waals surface area contributed by atoms with Crippen LogP contribution in [-0.2, 0) is 6.42 Å². The maximum atomic E-state index is 6.28. The molecule has 0 N–H and O–H groups in total. The Hall–Kier alpha value is -1.36. The summed E-state index contributed by atoms with van der Waals surface area (Å²) in [5, 5.41) is 0. The molecule has 0 radical (unpaired) electrons. The summed E-state index contributed by atoms with van der Waals surface area (Å²) in [5.41, 5.74) is 5.11. The molecule has 1 aliphatic rings. The molecular formula is C22H29BrN2O. The van der Waals surface area contributed by atoms with Gasteiger partial charge < -0.3 is 9.64 Å². The van der Waals surface area contributed by atoms with E-state index in [1.165, 1.54) is 22.3 Å². The predicted octanol–water partition coefficient (Wildman–Crippen LogP) is 4.28. The summed E-state index contributed by atoms with van der Waals surface area (Å²) in [6.45, 7) is 10.6. The van der Waals surface area contributed by atoms with Gasteiger partial charge in [0.15, 0.2) is 0 Å². The Kier molecular flexibility index (Phi) is 6.74. The molecule has 0 bridgehead atoms. The molecule has 0 aliphatic carbocycles. The van der Waals surface area contributed by atoms with Gasteiger partial charge in [0.2, 0.25) is 0 Å². The highest BCUT2D eigenvalue weighted by molar-refractivity contribution is 9.10. The average molecular weight is 417 g/mol. The lowest BCUT2D eigenvalue weighted by atomic mass is 9.99. The van der Waals surface area contributed by atoms with Crippen molar-refractivity contribution in [2.24, 2.45) is 0 Å². The SMILES string of the molecule is Cc1cc(C)c(OCCN2CCN(C)CC2)c(Cc2ccc(Br)cc2)c1. The van der Waals surface area contributed by atoms with Crippen LogP contribution >= 0.6 is 15.9 Å². The molecule has 4 heteroatoms. The smallest absolute Gasteiger partial charge is 0.125 e. The highest BCUT2D eigenvalue weighted by Crippen LogP contribution is 2.28. The highest BCUT2D eigenvalue weighted by Gasteiger charge is 2.14. The van der Waals surface area contributed by atoms with Crippen LogP contribution in [0.25, 0.3) is 0 Å².